The molecule has 0 bridgehead atoms. The second-order valence-electron chi connectivity index (χ2n) is 9.45. The van der Waals surface area contributed by atoms with Crippen LogP contribution in [-0.4, -0.2) is 83.2 Å². The van der Waals surface area contributed by atoms with Crippen molar-refractivity contribution in [2.24, 2.45) is 5.92 Å². The molecule has 11 nitrogen and oxygen atoms in total. The van der Waals surface area contributed by atoms with E-state index in [1.807, 2.05) is 7.05 Å². The summed E-state index contributed by atoms with van der Waals surface area (Å²) in [6.07, 6.45) is 3.63. The first-order chi connectivity index (χ1) is 17.2. The van der Waals surface area contributed by atoms with Crippen LogP contribution in [0.3, 0.4) is 0 Å². The summed E-state index contributed by atoms with van der Waals surface area (Å²) < 4.78 is 0. The van der Waals surface area contributed by atoms with Crippen LogP contribution in [-0.2, 0) is 27.3 Å². The molecular weight excluding hydrogens is 482 g/mol. The maximum atomic E-state index is 13.2. The van der Waals surface area contributed by atoms with Crippen LogP contribution in [0.5, 0.6) is 0 Å². The van der Waals surface area contributed by atoms with Crippen LogP contribution in [0.15, 0.2) is 24.4 Å². The summed E-state index contributed by atoms with van der Waals surface area (Å²) >= 11 is 1.37. The third kappa shape index (κ3) is 6.05. The van der Waals surface area contributed by atoms with Gasteiger partial charge in [0.2, 0.25) is 5.91 Å². The van der Waals surface area contributed by atoms with Gasteiger partial charge < -0.3 is 25.8 Å². The van der Waals surface area contributed by atoms with Crippen molar-refractivity contribution in [2.75, 3.05) is 33.0 Å². The molecule has 12 heteroatoms. The Balaban J connectivity index is 1.46. The topological polar surface area (TPSA) is 137 Å². The molecule has 3 heterocycles. The number of hydrogen-bond acceptors (Lipinski definition) is 8. The monoisotopic (exact) mass is 513 g/mol. The van der Waals surface area contributed by atoms with E-state index in [0.29, 0.717) is 24.3 Å². The summed E-state index contributed by atoms with van der Waals surface area (Å²) in [6, 6.07) is 3.94. The fourth-order valence-corrected chi connectivity index (χ4v) is 5.68. The van der Waals surface area contributed by atoms with Gasteiger partial charge in [-0.3, -0.25) is 19.2 Å². The molecule has 0 radical (unpaired) electrons. The van der Waals surface area contributed by atoms with Crippen LogP contribution in [0.1, 0.15) is 39.6 Å². The van der Waals surface area contributed by atoms with Crippen LogP contribution in [0, 0.1) is 5.92 Å². The van der Waals surface area contributed by atoms with Crippen LogP contribution < -0.4 is 16.0 Å². The molecule has 0 aromatic carbocycles. The first-order valence-corrected chi connectivity index (χ1v) is 12.7. The van der Waals surface area contributed by atoms with Crippen molar-refractivity contribution >= 4 is 40.8 Å². The lowest BCUT2D eigenvalue weighted by molar-refractivity contribution is -0.137. The van der Waals surface area contributed by atoms with Crippen LogP contribution in [0.2, 0.25) is 0 Å². The lowest BCUT2D eigenvalue weighted by Crippen LogP contribution is -2.57. The van der Waals surface area contributed by atoms with E-state index in [1.54, 1.807) is 32.3 Å². The number of rotatable bonds is 5. The van der Waals surface area contributed by atoms with E-state index in [0.717, 1.165) is 30.1 Å². The molecule has 3 atom stereocenters. The van der Waals surface area contributed by atoms with Crippen molar-refractivity contribution in [2.45, 2.75) is 44.3 Å². The fraction of sp³-hybridized carbons (Fsp3) is 0.500. The number of likely N-dealkylation sites (N-methyl/N-ethyl adjacent to an activating group) is 1. The number of hydrogen-bond donors (Lipinski definition) is 3. The second kappa shape index (κ2) is 11.1. The maximum absolute atomic E-state index is 13.2. The number of nitrogens with zero attached hydrogens (tertiary/aromatic N) is 4. The summed E-state index contributed by atoms with van der Waals surface area (Å²) in [6.45, 7) is 1.65. The minimum absolute atomic E-state index is 0.0281. The van der Waals surface area contributed by atoms with Crippen molar-refractivity contribution in [1.29, 1.82) is 0 Å². The van der Waals surface area contributed by atoms with Crippen molar-refractivity contribution in [3.05, 3.63) is 40.0 Å². The Labute approximate surface area is 213 Å². The number of aromatic nitrogens is 2. The smallest absolute Gasteiger partial charge is 0.314 e. The quantitative estimate of drug-likeness (QED) is 0.499. The molecule has 36 heavy (non-hydrogen) atoms. The van der Waals surface area contributed by atoms with Gasteiger partial charge >= 0.3 is 11.8 Å². The third-order valence-corrected chi connectivity index (χ3v) is 7.58. The Morgan fingerprint density at radius 3 is 2.61 bits per heavy atom. The molecule has 0 saturated heterocycles. The van der Waals surface area contributed by atoms with Gasteiger partial charge in [0.1, 0.15) is 5.82 Å². The van der Waals surface area contributed by atoms with Gasteiger partial charge in [0.25, 0.3) is 5.91 Å². The van der Waals surface area contributed by atoms with E-state index in [1.165, 1.54) is 22.4 Å². The van der Waals surface area contributed by atoms with E-state index >= 15 is 0 Å². The Kier molecular flexibility index (Phi) is 7.94. The zero-order valence-corrected chi connectivity index (χ0v) is 21.4. The van der Waals surface area contributed by atoms with Crippen molar-refractivity contribution in [3.63, 3.8) is 0 Å². The Hall–Kier alpha value is -3.38. The van der Waals surface area contributed by atoms with E-state index in [9.17, 15) is 19.2 Å². The number of fused-ring (bicyclic) bond motifs is 1. The highest BCUT2D eigenvalue weighted by atomic mass is 32.1. The highest BCUT2D eigenvalue weighted by Crippen LogP contribution is 2.28. The number of carbonyl (C=O) groups excluding carboxylic acids is 4. The second-order valence-corrected chi connectivity index (χ2v) is 10.5. The van der Waals surface area contributed by atoms with Crippen molar-refractivity contribution < 1.29 is 19.2 Å². The summed E-state index contributed by atoms with van der Waals surface area (Å²) in [5, 5.41) is 8.57. The average molecular weight is 514 g/mol. The first-order valence-electron chi connectivity index (χ1n) is 11.9. The molecule has 1 saturated carbocycles. The zero-order chi connectivity index (χ0) is 25.8. The minimum Gasteiger partial charge on any atom is -0.349 e. The predicted molar refractivity (Wildman–Crippen MR) is 134 cm³/mol. The van der Waals surface area contributed by atoms with E-state index in [4.69, 9.17) is 0 Å². The zero-order valence-electron chi connectivity index (χ0n) is 20.6. The van der Waals surface area contributed by atoms with Gasteiger partial charge in [0.05, 0.1) is 11.7 Å². The van der Waals surface area contributed by atoms with Gasteiger partial charge in [-0.2, -0.15) is 0 Å². The van der Waals surface area contributed by atoms with Gasteiger partial charge in [0, 0.05) is 56.6 Å². The Bertz CT molecular complexity index is 1140. The Morgan fingerprint density at radius 1 is 1.08 bits per heavy atom. The van der Waals surface area contributed by atoms with Crippen molar-refractivity contribution in [3.8, 4) is 0 Å². The summed E-state index contributed by atoms with van der Waals surface area (Å²) in [5.41, 5.74) is 0.948. The lowest BCUT2D eigenvalue weighted by Gasteiger charge is -2.37. The molecule has 4 amide bonds. The number of anilines is 1. The minimum atomic E-state index is -0.845. The summed E-state index contributed by atoms with van der Waals surface area (Å²) in [5.74, 6) is -2.06. The number of carbonyl (C=O) groups is 4. The SMILES string of the molecule is CN1CCc2nc(C(=O)NC3CC(C(=O)N(C)C)CCC3NC(=O)C(=O)Nc3ccccn3)sc2C1. The maximum Gasteiger partial charge on any atom is 0.314 e. The van der Waals surface area contributed by atoms with Crippen LogP contribution in [0.25, 0.3) is 0 Å². The molecule has 1 fully saturated rings. The normalized spacial score (nSPS) is 21.7. The summed E-state index contributed by atoms with van der Waals surface area (Å²) in [4.78, 5) is 64.2. The number of amides is 4. The third-order valence-electron chi connectivity index (χ3n) is 6.50. The summed E-state index contributed by atoms with van der Waals surface area (Å²) in [7, 11) is 5.43. The number of nitrogens with one attached hydrogen (secondary N) is 3. The number of pyridine rings is 1. The van der Waals surface area contributed by atoms with Crippen LogP contribution >= 0.6 is 11.3 Å². The molecule has 3 N–H and O–H groups in total. The molecule has 192 valence electrons. The number of thiazole rings is 1. The van der Waals surface area contributed by atoms with E-state index < -0.39 is 23.9 Å². The van der Waals surface area contributed by atoms with Crippen molar-refractivity contribution in [1.82, 2.24) is 30.4 Å². The first kappa shape index (κ1) is 25.7. The van der Waals surface area contributed by atoms with Gasteiger partial charge in [0.15, 0.2) is 5.01 Å². The molecule has 2 aromatic rings. The van der Waals surface area contributed by atoms with Gasteiger partial charge in [-0.15, -0.1) is 11.3 Å². The highest BCUT2D eigenvalue weighted by Gasteiger charge is 2.37. The van der Waals surface area contributed by atoms with E-state index in [-0.39, 0.29) is 23.6 Å². The predicted octanol–water partition coefficient (Wildman–Crippen LogP) is 0.636. The standard InChI is InChI=1S/C24H31N7O4S/c1-30(2)24(35)14-7-8-15(26-20(32)21(33)29-19-6-4-5-10-25-19)17(12-14)27-22(34)23-28-16-9-11-31(3)13-18(16)36-23/h4-6,10,14-15,17H,7-9,11-13H2,1-3H3,(H,26,32)(H,27,34)(H,25,29,33). The van der Waals surface area contributed by atoms with E-state index in [2.05, 4.69) is 30.8 Å². The molecule has 0 spiro atoms. The molecule has 2 aliphatic rings. The van der Waals surface area contributed by atoms with Crippen LogP contribution in [0.4, 0.5) is 5.82 Å². The molecule has 3 unspecified atom stereocenters. The van der Waals surface area contributed by atoms with Gasteiger partial charge in [-0.05, 0) is 38.4 Å². The molecular formula is C24H31N7O4S. The Morgan fingerprint density at radius 2 is 1.89 bits per heavy atom. The lowest BCUT2D eigenvalue weighted by atomic mass is 9.81. The molecule has 1 aliphatic carbocycles. The van der Waals surface area contributed by atoms with Gasteiger partial charge in [-0.1, -0.05) is 6.07 Å². The largest absolute Gasteiger partial charge is 0.349 e. The molecule has 4 rings (SSSR count). The highest BCUT2D eigenvalue weighted by molar-refractivity contribution is 7.13. The fourth-order valence-electron chi connectivity index (χ4n) is 4.59. The van der Waals surface area contributed by atoms with Gasteiger partial charge in [-0.25, -0.2) is 9.97 Å². The average Bonchev–Trinajstić information content (AvgIpc) is 3.28. The molecule has 1 aliphatic heterocycles. The molecule has 2 aromatic heterocycles.